The largest absolute Gasteiger partial charge is 0.494 e. The maximum absolute atomic E-state index is 12.9. The number of unbranched alkanes of at least 4 members (excludes halogenated alkanes) is 2. The van der Waals surface area contributed by atoms with Crippen LogP contribution in [0.3, 0.4) is 0 Å². The molecular weight excluding hydrogens is 408 g/mol. The molecule has 0 aliphatic rings. The van der Waals surface area contributed by atoms with Crippen LogP contribution in [-0.2, 0) is 11.3 Å². The predicted octanol–water partition coefficient (Wildman–Crippen LogP) is 5.67. The Morgan fingerprint density at radius 3 is 2.55 bits per heavy atom. The summed E-state index contributed by atoms with van der Waals surface area (Å²) in [5, 5.41) is 0. The van der Waals surface area contributed by atoms with Crippen LogP contribution in [0, 0.1) is 13.8 Å². The minimum absolute atomic E-state index is 0.247. The van der Waals surface area contributed by atoms with E-state index in [4.69, 9.17) is 9.47 Å². The smallest absolute Gasteiger partial charge is 0.279 e. The highest BCUT2D eigenvalue weighted by molar-refractivity contribution is 7.16. The Balaban J connectivity index is 1.87. The van der Waals surface area contributed by atoms with Crippen LogP contribution in [0.4, 0.5) is 0 Å². The summed E-state index contributed by atoms with van der Waals surface area (Å²) < 4.78 is 14.5. The third-order valence-corrected chi connectivity index (χ3v) is 6.12. The van der Waals surface area contributed by atoms with Crippen LogP contribution < -0.4 is 9.54 Å². The molecule has 0 saturated carbocycles. The molecule has 0 radical (unpaired) electrons. The van der Waals surface area contributed by atoms with E-state index in [1.165, 1.54) is 17.5 Å². The van der Waals surface area contributed by atoms with Crippen molar-refractivity contribution in [3.8, 4) is 5.75 Å². The molecule has 0 aliphatic heterocycles. The highest BCUT2D eigenvalue weighted by Crippen LogP contribution is 2.23. The minimum Gasteiger partial charge on any atom is -0.494 e. The van der Waals surface area contributed by atoms with Gasteiger partial charge in [0, 0.05) is 18.7 Å². The predicted molar refractivity (Wildman–Crippen MR) is 127 cm³/mol. The Bertz CT molecular complexity index is 1080. The normalized spacial score (nSPS) is 11.9. The van der Waals surface area contributed by atoms with E-state index in [0.29, 0.717) is 36.7 Å². The zero-order valence-electron chi connectivity index (χ0n) is 18.9. The first-order valence-electron chi connectivity index (χ1n) is 11.0. The number of aryl methyl sites for hydroxylation is 2. The summed E-state index contributed by atoms with van der Waals surface area (Å²) >= 11 is 1.55. The van der Waals surface area contributed by atoms with Gasteiger partial charge in [-0.1, -0.05) is 37.2 Å². The van der Waals surface area contributed by atoms with Crippen LogP contribution in [0.1, 0.15) is 54.6 Å². The number of aromatic nitrogens is 1. The molecule has 3 aromatic rings. The summed E-state index contributed by atoms with van der Waals surface area (Å²) in [6.07, 6.45) is 3.37. The van der Waals surface area contributed by atoms with Gasteiger partial charge in [0.15, 0.2) is 4.80 Å². The van der Waals surface area contributed by atoms with Crippen LogP contribution in [0.15, 0.2) is 41.4 Å². The summed E-state index contributed by atoms with van der Waals surface area (Å²) in [5.74, 6) is 0.538. The quantitative estimate of drug-likeness (QED) is 0.382. The first kappa shape index (κ1) is 23.2. The van der Waals surface area contributed by atoms with E-state index in [-0.39, 0.29) is 5.91 Å². The van der Waals surface area contributed by atoms with Crippen molar-refractivity contribution in [2.24, 2.45) is 4.99 Å². The Hall–Kier alpha value is -2.44. The Morgan fingerprint density at radius 1 is 1.06 bits per heavy atom. The molecule has 0 aliphatic carbocycles. The van der Waals surface area contributed by atoms with Crippen molar-refractivity contribution in [2.45, 2.75) is 53.5 Å². The third-order valence-electron chi connectivity index (χ3n) is 5.09. The lowest BCUT2D eigenvalue weighted by atomic mass is 10.1. The maximum Gasteiger partial charge on any atom is 0.279 e. The van der Waals surface area contributed by atoms with Crippen molar-refractivity contribution < 1.29 is 14.3 Å². The molecule has 0 bridgehead atoms. The number of ether oxygens (including phenoxy) is 2. The summed E-state index contributed by atoms with van der Waals surface area (Å²) in [6, 6.07) is 11.6. The molecule has 1 heterocycles. The number of amides is 1. The van der Waals surface area contributed by atoms with Gasteiger partial charge in [-0.15, -0.1) is 0 Å². The van der Waals surface area contributed by atoms with E-state index in [0.717, 1.165) is 28.8 Å². The molecule has 0 N–H and O–H groups in total. The molecule has 0 saturated heterocycles. The van der Waals surface area contributed by atoms with Crippen molar-refractivity contribution in [1.82, 2.24) is 4.57 Å². The van der Waals surface area contributed by atoms with Crippen LogP contribution in [-0.4, -0.2) is 30.3 Å². The van der Waals surface area contributed by atoms with Gasteiger partial charge in [0.05, 0.1) is 23.4 Å². The average Bonchev–Trinajstić information content (AvgIpc) is 3.09. The zero-order valence-corrected chi connectivity index (χ0v) is 19.8. The lowest BCUT2D eigenvalue weighted by Crippen LogP contribution is -2.20. The van der Waals surface area contributed by atoms with E-state index >= 15 is 0 Å². The molecule has 0 fully saturated rings. The lowest BCUT2D eigenvalue weighted by molar-refractivity contribution is 0.0996. The topological polar surface area (TPSA) is 52.8 Å². The highest BCUT2D eigenvalue weighted by Gasteiger charge is 2.12. The number of fused-ring (bicyclic) bond motifs is 1. The number of thiazole rings is 1. The van der Waals surface area contributed by atoms with Gasteiger partial charge in [-0.05, 0) is 68.7 Å². The van der Waals surface area contributed by atoms with Crippen LogP contribution in [0.2, 0.25) is 0 Å². The molecule has 1 amide bonds. The van der Waals surface area contributed by atoms with Gasteiger partial charge in [-0.25, -0.2) is 0 Å². The Morgan fingerprint density at radius 2 is 1.84 bits per heavy atom. The Labute approximate surface area is 188 Å². The van der Waals surface area contributed by atoms with E-state index in [2.05, 4.69) is 42.5 Å². The number of nitrogens with zero attached hydrogens (tertiary/aromatic N) is 2. The number of benzene rings is 2. The minimum atomic E-state index is -0.247. The molecule has 3 rings (SSSR count). The molecule has 0 spiro atoms. The van der Waals surface area contributed by atoms with Crippen LogP contribution in [0.25, 0.3) is 10.2 Å². The van der Waals surface area contributed by atoms with Gasteiger partial charge in [-0.3, -0.25) is 4.79 Å². The third kappa shape index (κ3) is 6.05. The number of carbonyl (C=O) groups excluding carboxylic acids is 1. The summed E-state index contributed by atoms with van der Waals surface area (Å²) in [7, 11) is 0. The zero-order chi connectivity index (χ0) is 22.2. The fraction of sp³-hybridized carbons (Fsp3) is 0.440. The van der Waals surface area contributed by atoms with E-state index in [1.807, 2.05) is 19.1 Å². The number of hydrogen-bond donors (Lipinski definition) is 0. The second-order valence-corrected chi connectivity index (χ2v) is 8.67. The molecular formula is C25H32N2O3S. The second-order valence-electron chi connectivity index (χ2n) is 7.66. The average molecular weight is 441 g/mol. The van der Waals surface area contributed by atoms with Gasteiger partial charge in [0.25, 0.3) is 5.91 Å². The molecule has 5 nitrogen and oxygen atoms in total. The SMILES string of the molecule is CCCCCOc1ccc(C(=O)N=c2sc3cc(C)cc(C)c3n2CCOCC)cc1. The van der Waals surface area contributed by atoms with E-state index in [1.54, 1.807) is 23.5 Å². The molecule has 1 aromatic heterocycles. The first-order valence-corrected chi connectivity index (χ1v) is 11.8. The molecule has 0 unspecified atom stereocenters. The fourth-order valence-electron chi connectivity index (χ4n) is 3.57. The molecule has 0 atom stereocenters. The molecule has 2 aromatic carbocycles. The first-order chi connectivity index (χ1) is 15.0. The van der Waals surface area contributed by atoms with Crippen LogP contribution >= 0.6 is 11.3 Å². The van der Waals surface area contributed by atoms with Crippen molar-refractivity contribution in [3.05, 3.63) is 57.9 Å². The standard InChI is InChI=1S/C25H32N2O3S/c1-5-7-8-14-30-21-11-9-20(10-12-21)24(28)26-25-27(13-15-29-6-2)23-19(4)16-18(3)17-22(23)31-25/h9-12,16-17H,5-8,13-15H2,1-4H3. The van der Waals surface area contributed by atoms with Crippen molar-refractivity contribution in [1.29, 1.82) is 0 Å². The second kappa shape index (κ2) is 11.3. The van der Waals surface area contributed by atoms with Gasteiger partial charge in [0.2, 0.25) is 0 Å². The van der Waals surface area contributed by atoms with Gasteiger partial charge in [-0.2, -0.15) is 4.99 Å². The molecule has 6 heteroatoms. The number of hydrogen-bond acceptors (Lipinski definition) is 4. The van der Waals surface area contributed by atoms with Crippen molar-refractivity contribution >= 4 is 27.5 Å². The number of rotatable bonds is 10. The van der Waals surface area contributed by atoms with Crippen molar-refractivity contribution in [2.75, 3.05) is 19.8 Å². The fourth-order valence-corrected chi connectivity index (χ4v) is 4.80. The molecule has 166 valence electrons. The van der Waals surface area contributed by atoms with E-state index in [9.17, 15) is 4.79 Å². The van der Waals surface area contributed by atoms with Gasteiger partial charge >= 0.3 is 0 Å². The number of carbonyl (C=O) groups is 1. The lowest BCUT2D eigenvalue weighted by Gasteiger charge is -2.08. The Kier molecular flexibility index (Phi) is 8.43. The molecule has 31 heavy (non-hydrogen) atoms. The monoisotopic (exact) mass is 440 g/mol. The van der Waals surface area contributed by atoms with Gasteiger partial charge < -0.3 is 14.0 Å². The van der Waals surface area contributed by atoms with E-state index < -0.39 is 0 Å². The van der Waals surface area contributed by atoms with Gasteiger partial charge in [0.1, 0.15) is 5.75 Å². The van der Waals surface area contributed by atoms with Crippen LogP contribution in [0.5, 0.6) is 5.75 Å². The maximum atomic E-state index is 12.9. The summed E-state index contributed by atoms with van der Waals surface area (Å²) in [5.41, 5.74) is 4.07. The highest BCUT2D eigenvalue weighted by atomic mass is 32.1. The summed E-state index contributed by atoms with van der Waals surface area (Å²) in [6.45, 7) is 11.0. The summed E-state index contributed by atoms with van der Waals surface area (Å²) in [4.78, 5) is 18.1. The van der Waals surface area contributed by atoms with Crippen molar-refractivity contribution in [3.63, 3.8) is 0 Å².